The summed E-state index contributed by atoms with van der Waals surface area (Å²) in [5.41, 5.74) is 0. The van der Waals surface area contributed by atoms with Gasteiger partial charge in [-0.1, -0.05) is 0 Å². The van der Waals surface area contributed by atoms with E-state index in [-0.39, 0.29) is 31.1 Å². The average Bonchev–Trinajstić information content (AvgIpc) is 2.45. The molecule has 0 amide bonds. The highest BCUT2D eigenvalue weighted by molar-refractivity contribution is 7.86. The van der Waals surface area contributed by atoms with Crippen LogP contribution in [0, 0.1) is 0 Å². The molecule has 1 heterocycles. The topological polar surface area (TPSA) is 83.9 Å². The molecule has 1 aliphatic rings. The Hall–Kier alpha value is -0.0900. The van der Waals surface area contributed by atoms with Crippen molar-refractivity contribution >= 4 is 21.2 Å². The molecule has 9 heteroatoms. The lowest BCUT2D eigenvalue weighted by atomic mass is 10.3. The molecule has 0 spiro atoms. The zero-order valence-electron chi connectivity index (χ0n) is 8.76. The van der Waals surface area contributed by atoms with Crippen LogP contribution in [-0.4, -0.2) is 52.7 Å². The SMILES string of the molecule is CCS(=O)(=O)OC1(F)CCN(CS(=O)O)C1. The van der Waals surface area contributed by atoms with Crippen molar-refractivity contribution in [2.45, 2.75) is 19.2 Å². The van der Waals surface area contributed by atoms with Crippen LogP contribution >= 0.6 is 0 Å². The first-order chi connectivity index (χ1) is 7.26. The number of rotatable bonds is 5. The molecule has 1 saturated heterocycles. The summed E-state index contributed by atoms with van der Waals surface area (Å²) in [6, 6.07) is 0. The number of halogens is 1. The lowest BCUT2D eigenvalue weighted by molar-refractivity contribution is -0.0438. The van der Waals surface area contributed by atoms with E-state index < -0.39 is 27.1 Å². The lowest BCUT2D eigenvalue weighted by Gasteiger charge is -2.19. The molecule has 0 radical (unpaired) electrons. The van der Waals surface area contributed by atoms with Crippen LogP contribution in [0.5, 0.6) is 0 Å². The summed E-state index contributed by atoms with van der Waals surface area (Å²) in [5, 5.41) is 0. The molecule has 0 aliphatic carbocycles. The summed E-state index contributed by atoms with van der Waals surface area (Å²) in [6.07, 6.45) is -0.122. The maximum atomic E-state index is 13.9. The van der Waals surface area contributed by atoms with Crippen LogP contribution in [0.15, 0.2) is 0 Å². The summed E-state index contributed by atoms with van der Waals surface area (Å²) in [7, 11) is -3.85. The van der Waals surface area contributed by atoms with Gasteiger partial charge in [0.1, 0.15) is 5.88 Å². The Labute approximate surface area is 96.2 Å². The third-order valence-electron chi connectivity index (χ3n) is 2.18. The van der Waals surface area contributed by atoms with Crippen molar-refractivity contribution in [3.63, 3.8) is 0 Å². The van der Waals surface area contributed by atoms with Crippen LogP contribution in [0.1, 0.15) is 13.3 Å². The number of hydrogen-bond acceptors (Lipinski definition) is 5. The van der Waals surface area contributed by atoms with Crippen LogP contribution in [0.3, 0.4) is 0 Å². The minimum atomic E-state index is -3.85. The predicted molar refractivity (Wildman–Crippen MR) is 56.2 cm³/mol. The van der Waals surface area contributed by atoms with E-state index in [9.17, 15) is 17.0 Å². The quantitative estimate of drug-likeness (QED) is 0.557. The Kier molecular flexibility index (Phi) is 4.41. The monoisotopic (exact) mass is 275 g/mol. The molecule has 0 aromatic carbocycles. The third kappa shape index (κ3) is 4.06. The van der Waals surface area contributed by atoms with Gasteiger partial charge in [0, 0.05) is 13.0 Å². The maximum Gasteiger partial charge on any atom is 0.270 e. The molecule has 0 aromatic heterocycles. The van der Waals surface area contributed by atoms with Gasteiger partial charge in [-0.05, 0) is 6.92 Å². The minimum Gasteiger partial charge on any atom is -0.305 e. The van der Waals surface area contributed by atoms with Crippen molar-refractivity contribution in [2.75, 3.05) is 24.7 Å². The average molecular weight is 275 g/mol. The fraction of sp³-hybridized carbons (Fsp3) is 1.00. The zero-order chi connectivity index (χ0) is 12.4. The van der Waals surface area contributed by atoms with Crippen LogP contribution in [0.4, 0.5) is 4.39 Å². The molecule has 2 unspecified atom stereocenters. The van der Waals surface area contributed by atoms with Crippen molar-refractivity contribution in [3.8, 4) is 0 Å². The van der Waals surface area contributed by atoms with Crippen LogP contribution in [0.25, 0.3) is 0 Å². The standard InChI is InChI=1S/C7H14FNO5S2/c1-2-16(12,13)14-7(8)3-4-9(5-7)6-15(10)11/h2-6H2,1H3,(H,10,11). The molecule has 1 N–H and O–H groups in total. The van der Waals surface area contributed by atoms with Crippen molar-refractivity contribution in [3.05, 3.63) is 0 Å². The molecule has 0 bridgehead atoms. The molecule has 96 valence electrons. The summed E-state index contributed by atoms with van der Waals surface area (Å²) < 4.78 is 59.6. The van der Waals surface area contributed by atoms with Gasteiger partial charge in [0.15, 0.2) is 11.1 Å². The molecule has 16 heavy (non-hydrogen) atoms. The summed E-state index contributed by atoms with van der Waals surface area (Å²) in [5.74, 6) is -2.78. The van der Waals surface area contributed by atoms with E-state index in [0.717, 1.165) is 0 Å². The fourth-order valence-electron chi connectivity index (χ4n) is 1.44. The Morgan fingerprint density at radius 1 is 1.62 bits per heavy atom. The van der Waals surface area contributed by atoms with Crippen molar-refractivity contribution in [1.82, 2.24) is 4.90 Å². The zero-order valence-corrected chi connectivity index (χ0v) is 10.4. The lowest BCUT2D eigenvalue weighted by Crippen LogP contribution is -2.35. The van der Waals surface area contributed by atoms with Gasteiger partial charge in [0.05, 0.1) is 12.3 Å². The maximum absolute atomic E-state index is 13.9. The van der Waals surface area contributed by atoms with E-state index in [0.29, 0.717) is 0 Å². The van der Waals surface area contributed by atoms with E-state index in [1.165, 1.54) is 11.8 Å². The molecule has 1 aliphatic heterocycles. The number of likely N-dealkylation sites (tertiary alicyclic amines) is 1. The highest BCUT2D eigenvalue weighted by Gasteiger charge is 2.43. The second-order valence-electron chi connectivity index (χ2n) is 3.57. The second-order valence-corrected chi connectivity index (χ2v) is 6.33. The predicted octanol–water partition coefficient (Wildman–Crippen LogP) is -0.0966. The van der Waals surface area contributed by atoms with Crippen LogP contribution in [0.2, 0.25) is 0 Å². The smallest absolute Gasteiger partial charge is 0.270 e. The molecule has 0 saturated carbocycles. The van der Waals surface area contributed by atoms with Gasteiger partial charge >= 0.3 is 0 Å². The molecular formula is C7H14FNO5S2. The first kappa shape index (κ1) is 14.0. The van der Waals surface area contributed by atoms with Gasteiger partial charge in [-0.25, -0.2) is 12.8 Å². The van der Waals surface area contributed by atoms with E-state index in [1.54, 1.807) is 0 Å². The molecule has 6 nitrogen and oxygen atoms in total. The van der Waals surface area contributed by atoms with Gasteiger partial charge in [0.25, 0.3) is 10.1 Å². The van der Waals surface area contributed by atoms with Crippen LogP contribution in [-0.2, 0) is 25.4 Å². The molecule has 1 fully saturated rings. The molecule has 0 aromatic rings. The summed E-state index contributed by atoms with van der Waals surface area (Å²) in [4.78, 5) is 1.35. The molecule has 1 rings (SSSR count). The largest absolute Gasteiger partial charge is 0.305 e. The van der Waals surface area contributed by atoms with Gasteiger partial charge in [-0.3, -0.25) is 4.90 Å². The Bertz CT molecular complexity index is 373. The van der Waals surface area contributed by atoms with E-state index in [1.807, 2.05) is 0 Å². The first-order valence-electron chi connectivity index (χ1n) is 4.68. The Balaban J connectivity index is 2.59. The highest BCUT2D eigenvalue weighted by Crippen LogP contribution is 2.28. The van der Waals surface area contributed by atoms with E-state index in [2.05, 4.69) is 4.18 Å². The molecule has 2 atom stereocenters. The Morgan fingerprint density at radius 3 is 2.75 bits per heavy atom. The van der Waals surface area contributed by atoms with Gasteiger partial charge in [-0.15, -0.1) is 0 Å². The highest BCUT2D eigenvalue weighted by atomic mass is 32.2. The van der Waals surface area contributed by atoms with Gasteiger partial charge in [0.2, 0.25) is 5.85 Å². The number of alkyl halides is 1. The van der Waals surface area contributed by atoms with Crippen molar-refractivity contribution in [1.29, 1.82) is 0 Å². The van der Waals surface area contributed by atoms with Crippen LogP contribution < -0.4 is 0 Å². The second kappa shape index (κ2) is 5.05. The normalized spacial score (nSPS) is 29.4. The summed E-state index contributed by atoms with van der Waals surface area (Å²) >= 11 is -2.06. The van der Waals surface area contributed by atoms with E-state index >= 15 is 0 Å². The number of hydrogen-bond donors (Lipinski definition) is 1. The fourth-order valence-corrected chi connectivity index (χ4v) is 2.68. The van der Waals surface area contributed by atoms with Crippen molar-refractivity contribution in [2.24, 2.45) is 0 Å². The Morgan fingerprint density at radius 2 is 2.25 bits per heavy atom. The van der Waals surface area contributed by atoms with Crippen molar-refractivity contribution < 1.29 is 25.8 Å². The van der Waals surface area contributed by atoms with Gasteiger partial charge < -0.3 is 4.55 Å². The van der Waals surface area contributed by atoms with E-state index in [4.69, 9.17) is 4.55 Å². The number of nitrogens with zero attached hydrogens (tertiary/aromatic N) is 1. The summed E-state index contributed by atoms with van der Waals surface area (Å²) in [6.45, 7) is 1.24. The molecular weight excluding hydrogens is 261 g/mol. The third-order valence-corrected chi connectivity index (χ3v) is 4.03. The first-order valence-corrected chi connectivity index (χ1v) is 7.54. The van der Waals surface area contributed by atoms with Gasteiger partial charge in [-0.2, -0.15) is 8.42 Å². The minimum absolute atomic E-state index is 0.122.